The fraction of sp³-hybridized carbons (Fsp3) is 0.105. The number of ether oxygens (including phenoxy) is 1. The molecule has 138 valence electrons. The third kappa shape index (κ3) is 4.48. The summed E-state index contributed by atoms with van der Waals surface area (Å²) in [7, 11) is 1.56. The summed E-state index contributed by atoms with van der Waals surface area (Å²) in [6, 6.07) is 12.1. The normalized spacial score (nSPS) is 10.4. The summed E-state index contributed by atoms with van der Waals surface area (Å²) in [5.74, 6) is 0.820. The largest absolute Gasteiger partial charge is 0.438 e. The van der Waals surface area contributed by atoms with E-state index in [1.165, 1.54) is 0 Å². The lowest BCUT2D eigenvalue weighted by Gasteiger charge is -2.12. The number of benzene rings is 2. The molecule has 0 aliphatic heterocycles. The molecule has 6 nitrogen and oxygen atoms in total. The molecule has 0 aliphatic rings. The van der Waals surface area contributed by atoms with Crippen LogP contribution in [0.5, 0.6) is 11.6 Å². The first-order valence-corrected chi connectivity index (χ1v) is 8.78. The van der Waals surface area contributed by atoms with E-state index in [0.717, 1.165) is 5.56 Å². The molecule has 3 rings (SSSR count). The van der Waals surface area contributed by atoms with E-state index in [-0.39, 0.29) is 5.91 Å². The fourth-order valence-corrected chi connectivity index (χ4v) is 2.57. The minimum absolute atomic E-state index is 0.244. The summed E-state index contributed by atoms with van der Waals surface area (Å²) in [5.41, 5.74) is 1.82. The van der Waals surface area contributed by atoms with E-state index in [1.807, 2.05) is 6.92 Å². The van der Waals surface area contributed by atoms with Gasteiger partial charge in [-0.25, -0.2) is 4.98 Å². The zero-order valence-corrected chi connectivity index (χ0v) is 16.1. The number of anilines is 2. The number of aromatic nitrogens is 2. The number of nitrogens with one attached hydrogen (secondary N) is 2. The molecule has 1 aromatic heterocycles. The molecule has 0 fully saturated rings. The lowest BCUT2D eigenvalue weighted by Crippen LogP contribution is -2.18. The molecule has 0 radical (unpaired) electrons. The average Bonchev–Trinajstić information content (AvgIpc) is 2.67. The summed E-state index contributed by atoms with van der Waals surface area (Å²) in [6.07, 6.45) is 1.63. The van der Waals surface area contributed by atoms with Crippen LogP contribution in [-0.4, -0.2) is 22.9 Å². The van der Waals surface area contributed by atoms with E-state index in [4.69, 9.17) is 27.9 Å². The molecule has 27 heavy (non-hydrogen) atoms. The number of aryl methyl sites for hydroxylation is 1. The highest BCUT2D eigenvalue weighted by molar-refractivity contribution is 6.42. The lowest BCUT2D eigenvalue weighted by atomic mass is 10.2. The zero-order chi connectivity index (χ0) is 19.4. The molecule has 2 N–H and O–H groups in total. The number of hydrogen-bond donors (Lipinski definition) is 2. The van der Waals surface area contributed by atoms with Crippen LogP contribution >= 0.6 is 23.2 Å². The van der Waals surface area contributed by atoms with E-state index in [2.05, 4.69) is 20.6 Å². The number of carbonyl (C=O) groups excluding carboxylic acids is 1. The van der Waals surface area contributed by atoms with Gasteiger partial charge in [-0.2, -0.15) is 4.98 Å². The first-order chi connectivity index (χ1) is 13.0. The predicted molar refractivity (Wildman–Crippen MR) is 106 cm³/mol. The highest BCUT2D eigenvalue weighted by atomic mass is 35.5. The summed E-state index contributed by atoms with van der Waals surface area (Å²) < 4.78 is 5.89. The van der Waals surface area contributed by atoms with Gasteiger partial charge in [0.1, 0.15) is 5.75 Å². The van der Waals surface area contributed by atoms with Crippen LogP contribution in [0.15, 0.2) is 48.7 Å². The molecule has 8 heteroatoms. The van der Waals surface area contributed by atoms with Gasteiger partial charge in [0.05, 0.1) is 15.6 Å². The van der Waals surface area contributed by atoms with Gasteiger partial charge in [-0.05, 0) is 37.3 Å². The maximum atomic E-state index is 12.0. The highest BCUT2D eigenvalue weighted by Crippen LogP contribution is 2.29. The van der Waals surface area contributed by atoms with Crippen LogP contribution in [0, 0.1) is 6.92 Å². The van der Waals surface area contributed by atoms with Gasteiger partial charge in [-0.3, -0.25) is 4.79 Å². The number of rotatable bonds is 5. The van der Waals surface area contributed by atoms with Crippen molar-refractivity contribution in [2.24, 2.45) is 0 Å². The van der Waals surface area contributed by atoms with E-state index < -0.39 is 0 Å². The number of para-hydroxylation sites is 1. The van der Waals surface area contributed by atoms with Crippen molar-refractivity contribution in [1.29, 1.82) is 0 Å². The molecule has 0 saturated heterocycles. The third-order valence-electron chi connectivity index (χ3n) is 3.67. The lowest BCUT2D eigenvalue weighted by molar-refractivity contribution is 0.0960. The highest BCUT2D eigenvalue weighted by Gasteiger charge is 2.14. The molecule has 0 aliphatic carbocycles. The van der Waals surface area contributed by atoms with Crippen LogP contribution in [0.3, 0.4) is 0 Å². The Balaban J connectivity index is 1.88. The average molecular weight is 403 g/mol. The smallest absolute Gasteiger partial charge is 0.254 e. The van der Waals surface area contributed by atoms with Crippen LogP contribution in [0.1, 0.15) is 15.9 Å². The van der Waals surface area contributed by atoms with E-state index >= 15 is 0 Å². The topological polar surface area (TPSA) is 76.1 Å². The molecule has 0 spiro atoms. The minimum atomic E-state index is -0.244. The molecule has 1 amide bonds. The standard InChI is InChI=1S/C19H16Cl2N4O2/c1-11-10-23-19(24-12-7-8-14(20)15(21)9-12)25-18(11)27-16-6-4-3-5-13(16)17(26)22-2/h3-10H,1-2H3,(H,22,26)(H,23,24,25). The number of halogens is 2. The Morgan fingerprint density at radius 1 is 1.11 bits per heavy atom. The van der Waals surface area contributed by atoms with Crippen LogP contribution in [0.4, 0.5) is 11.6 Å². The van der Waals surface area contributed by atoms with Crippen molar-refractivity contribution in [3.05, 3.63) is 69.8 Å². The van der Waals surface area contributed by atoms with Crippen molar-refractivity contribution in [2.75, 3.05) is 12.4 Å². The second-order valence-electron chi connectivity index (χ2n) is 5.61. The third-order valence-corrected chi connectivity index (χ3v) is 4.41. The van der Waals surface area contributed by atoms with Crippen molar-refractivity contribution in [3.8, 4) is 11.6 Å². The van der Waals surface area contributed by atoms with Crippen LogP contribution < -0.4 is 15.4 Å². The van der Waals surface area contributed by atoms with E-state index in [9.17, 15) is 4.79 Å². The quantitative estimate of drug-likeness (QED) is 0.628. The number of hydrogen-bond acceptors (Lipinski definition) is 5. The van der Waals surface area contributed by atoms with Crippen LogP contribution in [0.2, 0.25) is 10.0 Å². The summed E-state index contributed by atoms with van der Waals surface area (Å²) >= 11 is 12.0. The predicted octanol–water partition coefficient (Wildman–Crippen LogP) is 4.99. The van der Waals surface area contributed by atoms with Crippen molar-refractivity contribution in [1.82, 2.24) is 15.3 Å². The molecule has 0 bridgehead atoms. The molecular formula is C19H16Cl2N4O2. The Hall–Kier alpha value is -2.83. The van der Waals surface area contributed by atoms with Gasteiger partial charge in [0.25, 0.3) is 5.91 Å². The Morgan fingerprint density at radius 2 is 1.89 bits per heavy atom. The van der Waals surface area contributed by atoms with Gasteiger partial charge in [-0.1, -0.05) is 35.3 Å². The van der Waals surface area contributed by atoms with Crippen molar-refractivity contribution in [2.45, 2.75) is 6.92 Å². The van der Waals surface area contributed by atoms with Crippen LogP contribution in [-0.2, 0) is 0 Å². The molecular weight excluding hydrogens is 387 g/mol. The second kappa shape index (κ2) is 8.24. The zero-order valence-electron chi connectivity index (χ0n) is 14.6. The fourth-order valence-electron chi connectivity index (χ4n) is 2.27. The number of amides is 1. The minimum Gasteiger partial charge on any atom is -0.438 e. The first-order valence-electron chi connectivity index (χ1n) is 8.02. The number of nitrogens with zero attached hydrogens (tertiary/aromatic N) is 2. The maximum Gasteiger partial charge on any atom is 0.254 e. The van der Waals surface area contributed by atoms with Gasteiger partial charge < -0.3 is 15.4 Å². The summed E-state index contributed by atoms with van der Waals surface area (Å²) in [5, 5.41) is 6.52. The Labute approximate surface area is 166 Å². The summed E-state index contributed by atoms with van der Waals surface area (Å²) in [4.78, 5) is 20.7. The monoisotopic (exact) mass is 402 g/mol. The molecule has 1 heterocycles. The van der Waals surface area contributed by atoms with Gasteiger partial charge in [0, 0.05) is 24.5 Å². The van der Waals surface area contributed by atoms with Gasteiger partial charge in [-0.15, -0.1) is 0 Å². The van der Waals surface area contributed by atoms with Gasteiger partial charge in [0.15, 0.2) is 0 Å². The molecule has 3 aromatic rings. The Bertz CT molecular complexity index is 995. The SMILES string of the molecule is CNC(=O)c1ccccc1Oc1nc(Nc2ccc(Cl)c(Cl)c2)ncc1C. The van der Waals surface area contributed by atoms with Gasteiger partial charge in [0.2, 0.25) is 11.8 Å². The van der Waals surface area contributed by atoms with Crippen molar-refractivity contribution in [3.63, 3.8) is 0 Å². The van der Waals surface area contributed by atoms with Gasteiger partial charge >= 0.3 is 0 Å². The van der Waals surface area contributed by atoms with Crippen molar-refractivity contribution < 1.29 is 9.53 Å². The Kier molecular flexibility index (Phi) is 5.78. The first kappa shape index (κ1) is 18.9. The maximum absolute atomic E-state index is 12.0. The van der Waals surface area contributed by atoms with Crippen LogP contribution in [0.25, 0.3) is 0 Å². The summed E-state index contributed by atoms with van der Waals surface area (Å²) in [6.45, 7) is 1.82. The molecule has 0 saturated carbocycles. The molecule has 2 aromatic carbocycles. The molecule has 0 atom stereocenters. The Morgan fingerprint density at radius 3 is 2.63 bits per heavy atom. The van der Waals surface area contributed by atoms with E-state index in [0.29, 0.717) is 38.9 Å². The number of carbonyl (C=O) groups is 1. The molecule has 0 unspecified atom stereocenters. The van der Waals surface area contributed by atoms with Crippen molar-refractivity contribution >= 4 is 40.7 Å². The second-order valence-corrected chi connectivity index (χ2v) is 6.43. The van der Waals surface area contributed by atoms with E-state index in [1.54, 1.807) is 55.7 Å².